The number of aliphatic hydroxyl groups is 2. The fourth-order valence-corrected chi connectivity index (χ4v) is 11.4. The van der Waals surface area contributed by atoms with E-state index in [2.05, 4.69) is 43.5 Å². The standard InChI is InChI=1S/C74H141NO5/c1-3-5-7-9-11-13-15-17-19-40-44-48-52-56-60-64-68-74(79)80-69-65-61-57-53-49-45-41-38-36-34-32-30-28-26-24-22-20-21-23-25-27-29-31-33-35-37-39-43-47-51-55-59-63-67-73(78)75-71(70-76)72(77)66-62-58-54-50-46-42-18-16-14-12-10-8-6-4-2/h13,15,19,40,62,66,71-72,76-77H,3-12,14,16-18,20-39,41-61,63-65,67-70H2,1-2H3,(H,75,78)/b15-13-,40-19-,66-62+. The largest absolute Gasteiger partial charge is 0.466 e. The van der Waals surface area contributed by atoms with Crippen LogP contribution in [0.15, 0.2) is 36.5 Å². The summed E-state index contributed by atoms with van der Waals surface area (Å²) in [4.78, 5) is 24.6. The fourth-order valence-electron chi connectivity index (χ4n) is 11.4. The lowest BCUT2D eigenvalue weighted by Gasteiger charge is -2.20. The third-order valence-corrected chi connectivity index (χ3v) is 16.9. The summed E-state index contributed by atoms with van der Waals surface area (Å²) in [5, 5.41) is 23.2. The second-order valence-electron chi connectivity index (χ2n) is 24.9. The van der Waals surface area contributed by atoms with Crippen LogP contribution in [-0.4, -0.2) is 47.4 Å². The van der Waals surface area contributed by atoms with E-state index in [0.29, 0.717) is 19.4 Å². The molecule has 0 spiro atoms. The molecule has 0 rings (SSSR count). The Morgan fingerprint density at radius 3 is 0.963 bits per heavy atom. The van der Waals surface area contributed by atoms with Crippen LogP contribution in [0.5, 0.6) is 0 Å². The maximum atomic E-state index is 12.5. The Balaban J connectivity index is 3.32. The van der Waals surface area contributed by atoms with Gasteiger partial charge in [0.15, 0.2) is 0 Å². The van der Waals surface area contributed by atoms with Gasteiger partial charge in [0.25, 0.3) is 0 Å². The second-order valence-corrected chi connectivity index (χ2v) is 24.9. The average molecular weight is 1120 g/mol. The van der Waals surface area contributed by atoms with Crippen molar-refractivity contribution in [1.82, 2.24) is 5.32 Å². The Morgan fingerprint density at radius 2 is 0.625 bits per heavy atom. The predicted octanol–water partition coefficient (Wildman–Crippen LogP) is 23.5. The van der Waals surface area contributed by atoms with Crippen molar-refractivity contribution in [1.29, 1.82) is 0 Å². The maximum absolute atomic E-state index is 12.5. The quantitative estimate of drug-likeness (QED) is 0.0320. The van der Waals surface area contributed by atoms with E-state index in [4.69, 9.17) is 4.74 Å². The number of carbonyl (C=O) groups is 2. The van der Waals surface area contributed by atoms with Crippen molar-refractivity contribution in [3.8, 4) is 0 Å². The highest BCUT2D eigenvalue weighted by atomic mass is 16.5. The Hall–Kier alpha value is -1.92. The number of aliphatic hydroxyl groups excluding tert-OH is 2. The normalized spacial score (nSPS) is 12.7. The minimum absolute atomic E-state index is 0.00828. The first-order valence-electron chi connectivity index (χ1n) is 36.3. The van der Waals surface area contributed by atoms with Gasteiger partial charge in [-0.1, -0.05) is 359 Å². The molecule has 0 radical (unpaired) electrons. The van der Waals surface area contributed by atoms with Crippen molar-refractivity contribution < 1.29 is 24.5 Å². The van der Waals surface area contributed by atoms with Crippen LogP contribution >= 0.6 is 0 Å². The van der Waals surface area contributed by atoms with Crippen LogP contribution in [0.2, 0.25) is 0 Å². The van der Waals surface area contributed by atoms with E-state index in [1.54, 1.807) is 6.08 Å². The lowest BCUT2D eigenvalue weighted by atomic mass is 10.0. The number of unbranched alkanes of at least 4 members (excludes halogenated alkanes) is 53. The van der Waals surface area contributed by atoms with Crippen LogP contribution in [0, 0.1) is 0 Å². The van der Waals surface area contributed by atoms with E-state index in [1.165, 1.54) is 321 Å². The molecule has 0 aliphatic rings. The van der Waals surface area contributed by atoms with Gasteiger partial charge in [-0.3, -0.25) is 9.59 Å². The van der Waals surface area contributed by atoms with E-state index in [-0.39, 0.29) is 18.5 Å². The number of carbonyl (C=O) groups excluding carboxylic acids is 2. The number of hydrogen-bond donors (Lipinski definition) is 3. The summed E-state index contributed by atoms with van der Waals surface area (Å²) in [5.41, 5.74) is 0. The summed E-state index contributed by atoms with van der Waals surface area (Å²) in [6.07, 6.45) is 89.6. The van der Waals surface area contributed by atoms with Crippen molar-refractivity contribution in [2.45, 2.75) is 411 Å². The highest BCUT2D eigenvalue weighted by molar-refractivity contribution is 5.76. The minimum Gasteiger partial charge on any atom is -0.466 e. The number of ether oxygens (including phenoxy) is 1. The Morgan fingerprint density at radius 1 is 0.350 bits per heavy atom. The highest BCUT2D eigenvalue weighted by Gasteiger charge is 2.18. The fraction of sp³-hybridized carbons (Fsp3) is 0.892. The van der Waals surface area contributed by atoms with E-state index in [0.717, 1.165) is 51.4 Å². The first-order valence-corrected chi connectivity index (χ1v) is 36.3. The third kappa shape index (κ3) is 65.2. The first kappa shape index (κ1) is 78.1. The molecule has 0 saturated heterocycles. The van der Waals surface area contributed by atoms with Crippen LogP contribution in [0.1, 0.15) is 399 Å². The average Bonchev–Trinajstić information content (AvgIpc) is 3.46. The molecule has 0 aliphatic heterocycles. The molecule has 80 heavy (non-hydrogen) atoms. The highest BCUT2D eigenvalue weighted by Crippen LogP contribution is 2.19. The molecule has 0 saturated carbocycles. The summed E-state index contributed by atoms with van der Waals surface area (Å²) in [6, 6.07) is -0.624. The third-order valence-electron chi connectivity index (χ3n) is 16.9. The number of hydrogen-bond acceptors (Lipinski definition) is 5. The molecule has 0 aromatic carbocycles. The van der Waals surface area contributed by atoms with Crippen LogP contribution < -0.4 is 5.32 Å². The molecular formula is C74H141NO5. The maximum Gasteiger partial charge on any atom is 0.305 e. The number of allylic oxidation sites excluding steroid dienone is 5. The van der Waals surface area contributed by atoms with Gasteiger partial charge < -0.3 is 20.3 Å². The monoisotopic (exact) mass is 1120 g/mol. The summed E-state index contributed by atoms with van der Waals surface area (Å²) in [6.45, 7) is 4.91. The topological polar surface area (TPSA) is 95.9 Å². The number of esters is 1. The smallest absolute Gasteiger partial charge is 0.305 e. The van der Waals surface area contributed by atoms with Gasteiger partial charge >= 0.3 is 5.97 Å². The summed E-state index contributed by atoms with van der Waals surface area (Å²) >= 11 is 0. The zero-order valence-electron chi connectivity index (χ0n) is 54.1. The molecule has 0 aromatic rings. The minimum atomic E-state index is -0.840. The van der Waals surface area contributed by atoms with E-state index < -0.39 is 12.1 Å². The Labute approximate surface area is 500 Å². The molecule has 0 fully saturated rings. The Bertz CT molecular complexity index is 1300. The van der Waals surface area contributed by atoms with Crippen LogP contribution in [0.25, 0.3) is 0 Å². The molecule has 0 bridgehead atoms. The summed E-state index contributed by atoms with van der Waals surface area (Å²) in [7, 11) is 0. The van der Waals surface area contributed by atoms with Crippen molar-refractivity contribution in [2.24, 2.45) is 0 Å². The molecule has 0 heterocycles. The van der Waals surface area contributed by atoms with Crippen LogP contribution in [0.4, 0.5) is 0 Å². The number of rotatable bonds is 68. The van der Waals surface area contributed by atoms with E-state index in [1.807, 2.05) is 6.08 Å². The van der Waals surface area contributed by atoms with Crippen LogP contribution in [-0.2, 0) is 14.3 Å². The zero-order valence-corrected chi connectivity index (χ0v) is 54.1. The number of amides is 1. The van der Waals surface area contributed by atoms with Gasteiger partial charge in [0, 0.05) is 12.8 Å². The summed E-state index contributed by atoms with van der Waals surface area (Å²) < 4.78 is 5.49. The number of nitrogens with one attached hydrogen (secondary N) is 1. The van der Waals surface area contributed by atoms with Gasteiger partial charge in [0.05, 0.1) is 25.4 Å². The Kier molecular flexibility index (Phi) is 67.9. The first-order chi connectivity index (χ1) is 39.5. The molecule has 1 amide bonds. The summed E-state index contributed by atoms with van der Waals surface area (Å²) in [5.74, 6) is -0.0531. The molecule has 472 valence electrons. The predicted molar refractivity (Wildman–Crippen MR) is 352 cm³/mol. The van der Waals surface area contributed by atoms with Crippen molar-refractivity contribution >= 4 is 11.9 Å². The van der Waals surface area contributed by atoms with Crippen molar-refractivity contribution in [3.05, 3.63) is 36.5 Å². The molecule has 2 unspecified atom stereocenters. The SMILES string of the molecule is CCCCCC/C=C\C/C=C\CCCCCCCC(=O)OCCCCCCCCCCCCCCCCCCCCCCCCCCCCCCCCCCCC(=O)NC(CO)C(O)/C=C/CCCCCCCCCCCCCC. The molecule has 6 heteroatoms. The molecule has 0 aliphatic carbocycles. The lowest BCUT2D eigenvalue weighted by molar-refractivity contribution is -0.143. The van der Waals surface area contributed by atoms with Gasteiger partial charge in [-0.05, 0) is 64.2 Å². The molecule has 2 atom stereocenters. The van der Waals surface area contributed by atoms with E-state index in [9.17, 15) is 19.8 Å². The molecule has 3 N–H and O–H groups in total. The van der Waals surface area contributed by atoms with Crippen LogP contribution in [0.3, 0.4) is 0 Å². The lowest BCUT2D eigenvalue weighted by Crippen LogP contribution is -2.45. The van der Waals surface area contributed by atoms with Gasteiger partial charge in [0.1, 0.15) is 0 Å². The molecular weight excluding hydrogens is 983 g/mol. The van der Waals surface area contributed by atoms with Crippen molar-refractivity contribution in [2.75, 3.05) is 13.2 Å². The molecule has 6 nitrogen and oxygen atoms in total. The second kappa shape index (κ2) is 69.6. The zero-order chi connectivity index (χ0) is 57.8. The van der Waals surface area contributed by atoms with Crippen molar-refractivity contribution in [3.63, 3.8) is 0 Å². The van der Waals surface area contributed by atoms with Gasteiger partial charge in [-0.2, -0.15) is 0 Å². The van der Waals surface area contributed by atoms with Gasteiger partial charge in [0.2, 0.25) is 5.91 Å². The molecule has 0 aromatic heterocycles. The van der Waals surface area contributed by atoms with Gasteiger partial charge in [-0.25, -0.2) is 0 Å². The van der Waals surface area contributed by atoms with E-state index >= 15 is 0 Å². The van der Waals surface area contributed by atoms with Gasteiger partial charge in [-0.15, -0.1) is 0 Å².